The highest BCUT2D eigenvalue weighted by molar-refractivity contribution is 9.10. The molecule has 0 saturated carbocycles. The molecule has 0 saturated heterocycles. The molecule has 2 aromatic rings. The Morgan fingerprint density at radius 2 is 2.11 bits per heavy atom. The quantitative estimate of drug-likeness (QED) is 0.858. The Morgan fingerprint density at radius 1 is 1.37 bits per heavy atom. The van der Waals surface area contributed by atoms with Gasteiger partial charge in [0.15, 0.2) is 0 Å². The van der Waals surface area contributed by atoms with Gasteiger partial charge in [-0.2, -0.15) is 5.10 Å². The van der Waals surface area contributed by atoms with Gasteiger partial charge < -0.3 is 5.32 Å². The molecular formula is C13H14Br2FN3. The summed E-state index contributed by atoms with van der Waals surface area (Å²) in [5.41, 5.74) is 1.84. The summed E-state index contributed by atoms with van der Waals surface area (Å²) in [4.78, 5) is 0. The van der Waals surface area contributed by atoms with E-state index in [0.717, 1.165) is 26.7 Å². The van der Waals surface area contributed by atoms with Crippen LogP contribution in [0.5, 0.6) is 0 Å². The van der Waals surface area contributed by atoms with Crippen molar-refractivity contribution in [2.24, 2.45) is 0 Å². The third kappa shape index (κ3) is 3.07. The first-order chi connectivity index (χ1) is 9.06. The second kappa shape index (κ2) is 6.15. The van der Waals surface area contributed by atoms with E-state index >= 15 is 0 Å². The van der Waals surface area contributed by atoms with Crippen molar-refractivity contribution in [1.29, 1.82) is 0 Å². The number of nitrogens with one attached hydrogen (secondary N) is 1. The second-order valence-corrected chi connectivity index (χ2v) is 5.89. The summed E-state index contributed by atoms with van der Waals surface area (Å²) in [6, 6.07) is 4.76. The van der Waals surface area contributed by atoms with E-state index in [1.165, 1.54) is 12.1 Å². The van der Waals surface area contributed by atoms with Gasteiger partial charge in [-0.15, -0.1) is 0 Å². The third-order valence-corrected chi connectivity index (χ3v) is 3.98. The first-order valence-electron chi connectivity index (χ1n) is 5.91. The SMILES string of the molecule is CCn1ncc(Br)c1C(NC)c1cc(F)cc(Br)c1. The van der Waals surface area contributed by atoms with Gasteiger partial charge in [0.05, 0.1) is 22.4 Å². The van der Waals surface area contributed by atoms with Gasteiger partial charge in [0, 0.05) is 11.0 Å². The molecular weight excluding hydrogens is 377 g/mol. The maximum atomic E-state index is 13.6. The van der Waals surface area contributed by atoms with Crippen molar-refractivity contribution < 1.29 is 4.39 Å². The first kappa shape index (κ1) is 14.7. The largest absolute Gasteiger partial charge is 0.308 e. The molecule has 0 radical (unpaired) electrons. The van der Waals surface area contributed by atoms with Gasteiger partial charge in [-0.25, -0.2) is 4.39 Å². The van der Waals surface area contributed by atoms with Crippen LogP contribution in [-0.2, 0) is 6.54 Å². The number of rotatable bonds is 4. The fourth-order valence-electron chi connectivity index (χ4n) is 2.11. The lowest BCUT2D eigenvalue weighted by Gasteiger charge is -2.19. The summed E-state index contributed by atoms with van der Waals surface area (Å²) in [5, 5.41) is 7.51. The number of benzene rings is 1. The molecule has 0 aliphatic rings. The molecule has 1 aromatic heterocycles. The van der Waals surface area contributed by atoms with Gasteiger partial charge in [0.1, 0.15) is 5.82 Å². The summed E-state index contributed by atoms with van der Waals surface area (Å²) < 4.78 is 17.1. The Kier molecular flexibility index (Phi) is 4.76. The molecule has 0 spiro atoms. The third-order valence-electron chi connectivity index (χ3n) is 2.91. The van der Waals surface area contributed by atoms with Gasteiger partial charge in [0.25, 0.3) is 0 Å². The molecule has 1 atom stereocenters. The lowest BCUT2D eigenvalue weighted by Crippen LogP contribution is -2.22. The van der Waals surface area contributed by atoms with Crippen molar-refractivity contribution in [2.45, 2.75) is 19.5 Å². The molecule has 19 heavy (non-hydrogen) atoms. The van der Waals surface area contributed by atoms with Gasteiger partial charge in [-0.3, -0.25) is 4.68 Å². The summed E-state index contributed by atoms with van der Waals surface area (Å²) in [5.74, 6) is -0.261. The number of aryl methyl sites for hydroxylation is 1. The van der Waals surface area contributed by atoms with E-state index < -0.39 is 0 Å². The van der Waals surface area contributed by atoms with Gasteiger partial charge in [-0.1, -0.05) is 15.9 Å². The predicted octanol–water partition coefficient (Wildman–Crippen LogP) is 3.88. The minimum Gasteiger partial charge on any atom is -0.308 e. The molecule has 0 aliphatic carbocycles. The standard InChI is InChI=1S/C13H14Br2FN3/c1-3-19-13(11(15)7-18-19)12(17-2)8-4-9(14)6-10(16)5-8/h4-7,12,17H,3H2,1-2H3. The van der Waals surface area contributed by atoms with Crippen LogP contribution in [0.3, 0.4) is 0 Å². The van der Waals surface area contributed by atoms with E-state index in [9.17, 15) is 4.39 Å². The maximum Gasteiger partial charge on any atom is 0.124 e. The molecule has 1 unspecified atom stereocenters. The Hall–Kier alpha value is -0.720. The van der Waals surface area contributed by atoms with Crippen molar-refractivity contribution in [3.63, 3.8) is 0 Å². The molecule has 1 N–H and O–H groups in total. The van der Waals surface area contributed by atoms with E-state index in [4.69, 9.17) is 0 Å². The van der Waals surface area contributed by atoms with Crippen molar-refractivity contribution in [1.82, 2.24) is 15.1 Å². The lowest BCUT2D eigenvalue weighted by molar-refractivity contribution is 0.556. The van der Waals surface area contributed by atoms with E-state index in [1.54, 1.807) is 6.20 Å². The normalized spacial score (nSPS) is 12.7. The summed E-state index contributed by atoms with van der Waals surface area (Å²) in [7, 11) is 1.85. The van der Waals surface area contributed by atoms with Crippen LogP contribution in [0.25, 0.3) is 0 Å². The average Bonchev–Trinajstić information content (AvgIpc) is 2.71. The molecule has 102 valence electrons. The van der Waals surface area contributed by atoms with Crippen molar-refractivity contribution in [2.75, 3.05) is 7.05 Å². The van der Waals surface area contributed by atoms with Crippen LogP contribution >= 0.6 is 31.9 Å². The Labute approximate surface area is 128 Å². The molecule has 3 nitrogen and oxygen atoms in total. The monoisotopic (exact) mass is 389 g/mol. The fourth-order valence-corrected chi connectivity index (χ4v) is 3.12. The van der Waals surface area contributed by atoms with E-state index in [0.29, 0.717) is 0 Å². The van der Waals surface area contributed by atoms with Crippen LogP contribution in [0.2, 0.25) is 0 Å². The van der Waals surface area contributed by atoms with E-state index in [2.05, 4.69) is 42.3 Å². The molecule has 0 aliphatic heterocycles. The summed E-state index contributed by atoms with van der Waals surface area (Å²) in [6.07, 6.45) is 1.76. The van der Waals surface area contributed by atoms with Crippen molar-refractivity contribution >= 4 is 31.9 Å². The number of nitrogens with zero attached hydrogens (tertiary/aromatic N) is 2. The topological polar surface area (TPSA) is 29.9 Å². The van der Waals surface area contributed by atoms with Crippen LogP contribution < -0.4 is 5.32 Å². The van der Waals surface area contributed by atoms with E-state index in [-0.39, 0.29) is 11.9 Å². The number of aromatic nitrogens is 2. The summed E-state index contributed by atoms with van der Waals surface area (Å²) >= 11 is 6.83. The minimum absolute atomic E-state index is 0.121. The second-order valence-electron chi connectivity index (χ2n) is 4.12. The van der Waals surface area contributed by atoms with Crippen molar-refractivity contribution in [3.8, 4) is 0 Å². The lowest BCUT2D eigenvalue weighted by atomic mass is 10.0. The average molecular weight is 391 g/mol. The highest BCUT2D eigenvalue weighted by atomic mass is 79.9. The fraction of sp³-hybridized carbons (Fsp3) is 0.308. The zero-order chi connectivity index (χ0) is 14.0. The summed E-state index contributed by atoms with van der Waals surface area (Å²) in [6.45, 7) is 2.78. The zero-order valence-electron chi connectivity index (χ0n) is 10.6. The Bertz CT molecular complexity index is 563. The highest BCUT2D eigenvalue weighted by Crippen LogP contribution is 2.30. The smallest absolute Gasteiger partial charge is 0.124 e. The molecule has 1 heterocycles. The van der Waals surface area contributed by atoms with Crippen LogP contribution in [0.15, 0.2) is 33.3 Å². The Morgan fingerprint density at radius 3 is 2.68 bits per heavy atom. The zero-order valence-corrected chi connectivity index (χ0v) is 13.8. The molecule has 1 aromatic carbocycles. The minimum atomic E-state index is -0.261. The molecule has 0 bridgehead atoms. The van der Waals surface area contributed by atoms with Crippen LogP contribution in [0.4, 0.5) is 4.39 Å². The van der Waals surface area contributed by atoms with Gasteiger partial charge in [0.2, 0.25) is 0 Å². The maximum absolute atomic E-state index is 13.6. The van der Waals surface area contributed by atoms with Gasteiger partial charge in [-0.05, 0) is 53.7 Å². The van der Waals surface area contributed by atoms with Crippen molar-refractivity contribution in [3.05, 3.63) is 50.4 Å². The first-order valence-corrected chi connectivity index (χ1v) is 7.49. The highest BCUT2D eigenvalue weighted by Gasteiger charge is 2.20. The molecule has 2 rings (SSSR count). The Balaban J connectivity index is 2.52. The van der Waals surface area contributed by atoms with Crippen LogP contribution in [0.1, 0.15) is 24.2 Å². The molecule has 0 amide bonds. The number of halogens is 3. The van der Waals surface area contributed by atoms with Crippen LogP contribution in [0, 0.1) is 5.82 Å². The molecule has 6 heteroatoms. The number of hydrogen-bond acceptors (Lipinski definition) is 2. The number of hydrogen-bond donors (Lipinski definition) is 1. The molecule has 0 fully saturated rings. The van der Waals surface area contributed by atoms with Crippen LogP contribution in [-0.4, -0.2) is 16.8 Å². The van der Waals surface area contributed by atoms with E-state index in [1.807, 2.05) is 24.7 Å². The van der Waals surface area contributed by atoms with Gasteiger partial charge >= 0.3 is 0 Å². The predicted molar refractivity (Wildman–Crippen MR) is 80.6 cm³/mol.